The van der Waals surface area contributed by atoms with Gasteiger partial charge in [0, 0.05) is 5.56 Å². The number of ketones is 1. The average molecular weight is 512 g/mol. The van der Waals surface area contributed by atoms with Crippen molar-refractivity contribution in [2.45, 2.75) is 42.1 Å². The lowest BCUT2D eigenvalue weighted by atomic mass is 9.92. The molecule has 7 nitrogen and oxygen atoms in total. The highest BCUT2D eigenvalue weighted by molar-refractivity contribution is 9.10. The number of rotatable bonds is 5. The van der Waals surface area contributed by atoms with Crippen LogP contribution >= 0.6 is 27.8 Å². The summed E-state index contributed by atoms with van der Waals surface area (Å²) in [5.74, 6) is -1.07. The van der Waals surface area contributed by atoms with Gasteiger partial charge in [-0.3, -0.25) is 9.08 Å². The third kappa shape index (κ3) is 4.41. The first-order valence-corrected chi connectivity index (χ1v) is 10.8. The summed E-state index contributed by atoms with van der Waals surface area (Å²) in [5.41, 5.74) is 1.11. The van der Waals surface area contributed by atoms with Gasteiger partial charge in [-0.25, -0.2) is 4.79 Å². The fraction of sp³-hybridized carbons (Fsp3) is 0.364. The SMILES string of the molecule is CC(=O)[C@]1(Br)O[C@@H]2COC(c3ccccc3)O[C@@H]2[C@H](OCl)[C@H]1OC(=O)c1ccccc1. The molecule has 2 aliphatic rings. The van der Waals surface area contributed by atoms with Crippen LogP contribution in [-0.4, -0.2) is 47.3 Å². The summed E-state index contributed by atoms with van der Waals surface area (Å²) < 4.78 is 27.1. The number of alkyl halides is 1. The maximum absolute atomic E-state index is 12.8. The highest BCUT2D eigenvalue weighted by atomic mass is 79.9. The maximum atomic E-state index is 12.8. The summed E-state index contributed by atoms with van der Waals surface area (Å²) in [6, 6.07) is 17.7. The summed E-state index contributed by atoms with van der Waals surface area (Å²) in [4.78, 5) is 25.3. The molecule has 0 bridgehead atoms. The van der Waals surface area contributed by atoms with E-state index in [9.17, 15) is 9.59 Å². The molecule has 1 unspecified atom stereocenters. The quantitative estimate of drug-likeness (QED) is 0.444. The standard InChI is InChI=1S/C22H20BrClO7/c1-13(25)22(23)19(29-20(26)14-8-4-2-5-9-14)18(31-24)17-16(30-22)12-27-21(28-17)15-10-6-3-7-11-15/h2-11,16-19,21H,12H2,1H3/t16-,17+,18+,19-,21?,22+/m1/s1. The van der Waals surface area contributed by atoms with Crippen LogP contribution in [-0.2, 0) is 28.0 Å². The molecule has 2 saturated heterocycles. The molecule has 0 spiro atoms. The number of esters is 1. The molecule has 9 heteroatoms. The first-order chi connectivity index (χ1) is 14.9. The highest BCUT2D eigenvalue weighted by Crippen LogP contribution is 2.44. The van der Waals surface area contributed by atoms with E-state index in [1.165, 1.54) is 6.92 Å². The van der Waals surface area contributed by atoms with Crippen LogP contribution in [0, 0.1) is 0 Å². The Labute approximate surface area is 192 Å². The van der Waals surface area contributed by atoms with E-state index >= 15 is 0 Å². The molecule has 2 heterocycles. The molecule has 0 N–H and O–H groups in total. The number of halogens is 2. The van der Waals surface area contributed by atoms with E-state index in [0.29, 0.717) is 5.56 Å². The molecule has 164 valence electrons. The van der Waals surface area contributed by atoms with Crippen molar-refractivity contribution in [3.8, 4) is 0 Å². The Morgan fingerprint density at radius 2 is 1.74 bits per heavy atom. The van der Waals surface area contributed by atoms with Crippen molar-refractivity contribution in [2.75, 3.05) is 6.61 Å². The summed E-state index contributed by atoms with van der Waals surface area (Å²) in [5, 5.41) is 0. The molecule has 2 aromatic rings. The van der Waals surface area contributed by atoms with Crippen molar-refractivity contribution in [2.24, 2.45) is 0 Å². The van der Waals surface area contributed by atoms with E-state index in [1.807, 2.05) is 30.3 Å². The lowest BCUT2D eigenvalue weighted by Gasteiger charge is -2.50. The topological polar surface area (TPSA) is 80.3 Å². The van der Waals surface area contributed by atoms with E-state index in [4.69, 9.17) is 35.1 Å². The smallest absolute Gasteiger partial charge is 0.338 e. The predicted octanol–water partition coefficient (Wildman–Crippen LogP) is 3.94. The first kappa shape index (κ1) is 22.4. The van der Waals surface area contributed by atoms with E-state index in [2.05, 4.69) is 15.9 Å². The van der Waals surface area contributed by atoms with E-state index in [-0.39, 0.29) is 6.61 Å². The minimum Gasteiger partial charge on any atom is -0.451 e. The van der Waals surface area contributed by atoms with Gasteiger partial charge < -0.3 is 18.9 Å². The van der Waals surface area contributed by atoms with Gasteiger partial charge in [0.1, 0.15) is 18.3 Å². The van der Waals surface area contributed by atoms with Crippen molar-refractivity contribution in [3.63, 3.8) is 0 Å². The maximum Gasteiger partial charge on any atom is 0.338 e. The Hall–Kier alpha value is -1.81. The van der Waals surface area contributed by atoms with Crippen molar-refractivity contribution >= 4 is 39.5 Å². The lowest BCUT2D eigenvalue weighted by molar-refractivity contribution is -0.323. The number of hydrogen-bond donors (Lipinski definition) is 0. The fourth-order valence-corrected chi connectivity index (χ4v) is 4.46. The van der Waals surface area contributed by atoms with Gasteiger partial charge in [-0.05, 0) is 35.0 Å². The number of benzene rings is 2. The van der Waals surface area contributed by atoms with Gasteiger partial charge >= 0.3 is 5.97 Å². The molecule has 0 radical (unpaired) electrons. The van der Waals surface area contributed by atoms with E-state index in [1.54, 1.807) is 30.3 Å². The van der Waals surface area contributed by atoms with Gasteiger partial charge in [-0.2, -0.15) is 0 Å². The summed E-state index contributed by atoms with van der Waals surface area (Å²) in [7, 11) is 0. The second kappa shape index (κ2) is 9.36. The molecule has 0 aliphatic carbocycles. The normalized spacial score (nSPS) is 32.7. The van der Waals surface area contributed by atoms with Crippen molar-refractivity contribution in [1.29, 1.82) is 0 Å². The van der Waals surface area contributed by atoms with E-state index < -0.39 is 47.0 Å². The number of carbonyl (C=O) groups is 2. The number of ether oxygens (including phenoxy) is 4. The molecule has 0 amide bonds. The third-order valence-corrected chi connectivity index (χ3v) is 6.67. The average Bonchev–Trinajstić information content (AvgIpc) is 2.80. The molecule has 4 rings (SSSR count). The fourth-order valence-electron chi connectivity index (χ4n) is 3.67. The molecule has 0 aromatic heterocycles. The molecule has 6 atom stereocenters. The minimum atomic E-state index is -1.68. The minimum absolute atomic E-state index is 0.126. The largest absolute Gasteiger partial charge is 0.451 e. The third-order valence-electron chi connectivity index (χ3n) is 5.27. The van der Waals surface area contributed by atoms with Crippen molar-refractivity contribution in [3.05, 3.63) is 71.8 Å². The van der Waals surface area contributed by atoms with Crippen LogP contribution < -0.4 is 0 Å². The molecular formula is C22H20BrClO7. The van der Waals surface area contributed by atoms with E-state index in [0.717, 1.165) is 5.56 Å². The lowest BCUT2D eigenvalue weighted by Crippen LogP contribution is -2.68. The number of fused-ring (bicyclic) bond motifs is 1. The number of Topliss-reactive ketones (excluding diaryl/α,β-unsaturated/α-hetero) is 1. The second-order valence-electron chi connectivity index (χ2n) is 7.28. The zero-order chi connectivity index (χ0) is 22.0. The molecule has 2 fully saturated rings. The summed E-state index contributed by atoms with van der Waals surface area (Å²) in [6.07, 6.45) is -4.35. The summed E-state index contributed by atoms with van der Waals surface area (Å²) in [6.45, 7) is 1.45. The first-order valence-electron chi connectivity index (χ1n) is 9.67. The van der Waals surface area contributed by atoms with Crippen molar-refractivity contribution < 1.29 is 32.8 Å². The molecule has 2 aromatic carbocycles. The zero-order valence-corrected chi connectivity index (χ0v) is 18.8. The van der Waals surface area contributed by atoms with Crippen LogP contribution in [0.3, 0.4) is 0 Å². The van der Waals surface area contributed by atoms with Crippen LogP contribution in [0.25, 0.3) is 0 Å². The number of carbonyl (C=O) groups excluding carboxylic acids is 2. The molecular weight excluding hydrogens is 492 g/mol. The van der Waals surface area contributed by atoms with Crippen LogP contribution in [0.15, 0.2) is 60.7 Å². The monoisotopic (exact) mass is 510 g/mol. The van der Waals surface area contributed by atoms with Gasteiger partial charge in [0.25, 0.3) is 0 Å². The van der Waals surface area contributed by atoms with Gasteiger partial charge in [0.2, 0.25) is 4.51 Å². The molecule has 31 heavy (non-hydrogen) atoms. The Morgan fingerprint density at radius 1 is 1.10 bits per heavy atom. The second-order valence-corrected chi connectivity index (χ2v) is 8.64. The van der Waals surface area contributed by atoms with Crippen molar-refractivity contribution in [1.82, 2.24) is 0 Å². The van der Waals surface area contributed by atoms with Crippen LogP contribution in [0.2, 0.25) is 0 Å². The van der Waals surface area contributed by atoms with Gasteiger partial charge in [0.05, 0.1) is 24.0 Å². The van der Waals surface area contributed by atoms with Gasteiger partial charge in [-0.1, -0.05) is 48.5 Å². The molecule has 2 aliphatic heterocycles. The van der Waals surface area contributed by atoms with Crippen LogP contribution in [0.5, 0.6) is 0 Å². The Kier molecular flexibility index (Phi) is 6.76. The summed E-state index contributed by atoms with van der Waals surface area (Å²) >= 11 is 9.18. The Bertz CT molecular complexity index is 928. The van der Waals surface area contributed by atoms with Gasteiger partial charge in [-0.15, -0.1) is 0 Å². The zero-order valence-electron chi connectivity index (χ0n) is 16.5. The predicted molar refractivity (Wildman–Crippen MR) is 114 cm³/mol. The van der Waals surface area contributed by atoms with Crippen LogP contribution in [0.4, 0.5) is 0 Å². The Balaban J connectivity index is 1.63. The Morgan fingerprint density at radius 3 is 2.35 bits per heavy atom. The molecule has 0 saturated carbocycles. The van der Waals surface area contributed by atoms with Gasteiger partial charge in [0.15, 0.2) is 18.2 Å². The number of hydrogen-bond acceptors (Lipinski definition) is 7. The highest BCUT2D eigenvalue weighted by Gasteiger charge is 2.61. The van der Waals surface area contributed by atoms with Crippen LogP contribution in [0.1, 0.15) is 29.1 Å².